The molecule has 3 heterocycles. The lowest BCUT2D eigenvalue weighted by atomic mass is 9.84. The maximum atomic E-state index is 13.6. The predicted molar refractivity (Wildman–Crippen MR) is 96.6 cm³/mol. The van der Waals surface area contributed by atoms with Gasteiger partial charge in [0.25, 0.3) is 0 Å². The van der Waals surface area contributed by atoms with Crippen LogP contribution in [0.2, 0.25) is 0 Å². The van der Waals surface area contributed by atoms with E-state index in [0.29, 0.717) is 12.1 Å². The number of benzene rings is 1. The van der Waals surface area contributed by atoms with E-state index >= 15 is 0 Å². The number of carbonyl (C=O) groups is 1. The van der Waals surface area contributed by atoms with Crippen molar-refractivity contribution in [3.05, 3.63) is 59.5 Å². The SMILES string of the molecule is COc1ncc(F)cc1C(=O)C1CC2CCC(C1)N2Cc1ccccc1. The first-order chi connectivity index (χ1) is 12.7. The molecule has 2 saturated heterocycles. The van der Waals surface area contributed by atoms with E-state index in [-0.39, 0.29) is 23.1 Å². The molecule has 1 aromatic carbocycles. The molecule has 2 aliphatic rings. The third-order valence-electron chi connectivity index (χ3n) is 5.74. The monoisotopic (exact) mass is 354 g/mol. The summed E-state index contributed by atoms with van der Waals surface area (Å²) in [5.41, 5.74) is 1.58. The van der Waals surface area contributed by atoms with Crippen LogP contribution in [0.1, 0.15) is 41.6 Å². The molecule has 0 amide bonds. The second-order valence-corrected chi connectivity index (χ2v) is 7.29. The van der Waals surface area contributed by atoms with Gasteiger partial charge in [-0.25, -0.2) is 9.37 Å². The Bertz CT molecular complexity index is 782. The summed E-state index contributed by atoms with van der Waals surface area (Å²) in [4.78, 5) is 19.5. The maximum Gasteiger partial charge on any atom is 0.224 e. The van der Waals surface area contributed by atoms with Gasteiger partial charge >= 0.3 is 0 Å². The number of rotatable bonds is 5. The Balaban J connectivity index is 1.50. The van der Waals surface area contributed by atoms with Crippen LogP contribution in [0.25, 0.3) is 0 Å². The number of ketones is 1. The van der Waals surface area contributed by atoms with Crippen LogP contribution in [0, 0.1) is 11.7 Å². The molecule has 0 aliphatic carbocycles. The van der Waals surface area contributed by atoms with Crippen LogP contribution in [0.4, 0.5) is 4.39 Å². The van der Waals surface area contributed by atoms with Gasteiger partial charge in [0, 0.05) is 24.5 Å². The summed E-state index contributed by atoms with van der Waals surface area (Å²) in [6.45, 7) is 0.932. The van der Waals surface area contributed by atoms with Crippen molar-refractivity contribution in [2.45, 2.75) is 44.3 Å². The average molecular weight is 354 g/mol. The standard InChI is InChI=1S/C21H23FN2O2/c1-26-21-19(11-16(22)12-23-21)20(25)15-9-17-7-8-18(10-15)24(17)13-14-5-3-2-4-6-14/h2-6,11-12,15,17-18H,7-10,13H2,1H3. The molecule has 5 heteroatoms. The van der Waals surface area contributed by atoms with E-state index in [0.717, 1.165) is 38.4 Å². The highest BCUT2D eigenvalue weighted by molar-refractivity contribution is 6.00. The molecular weight excluding hydrogens is 331 g/mol. The zero-order chi connectivity index (χ0) is 18.1. The van der Waals surface area contributed by atoms with Crippen LogP contribution in [-0.2, 0) is 6.54 Å². The predicted octanol–water partition coefficient (Wildman–Crippen LogP) is 3.86. The number of piperidine rings is 1. The number of halogens is 1. The zero-order valence-electron chi connectivity index (χ0n) is 14.9. The number of hydrogen-bond acceptors (Lipinski definition) is 4. The van der Waals surface area contributed by atoms with Crippen LogP contribution in [-0.4, -0.2) is 34.9 Å². The third-order valence-corrected chi connectivity index (χ3v) is 5.74. The first-order valence-corrected chi connectivity index (χ1v) is 9.19. The molecule has 2 bridgehead atoms. The van der Waals surface area contributed by atoms with Gasteiger partial charge in [0.15, 0.2) is 5.78 Å². The summed E-state index contributed by atoms with van der Waals surface area (Å²) in [6, 6.07) is 12.6. The van der Waals surface area contributed by atoms with Crippen molar-refractivity contribution in [2.75, 3.05) is 7.11 Å². The van der Waals surface area contributed by atoms with Crippen LogP contribution < -0.4 is 4.74 Å². The molecule has 0 saturated carbocycles. The van der Waals surface area contributed by atoms with E-state index in [4.69, 9.17) is 4.74 Å². The number of methoxy groups -OCH3 is 1. The van der Waals surface area contributed by atoms with E-state index in [9.17, 15) is 9.18 Å². The van der Waals surface area contributed by atoms with Gasteiger partial charge in [-0.3, -0.25) is 9.69 Å². The minimum absolute atomic E-state index is 0.0369. The average Bonchev–Trinajstić information content (AvgIpc) is 2.90. The van der Waals surface area contributed by atoms with Crippen molar-refractivity contribution in [1.29, 1.82) is 0 Å². The van der Waals surface area contributed by atoms with Crippen LogP contribution in [0.5, 0.6) is 5.88 Å². The summed E-state index contributed by atoms with van der Waals surface area (Å²) in [6.07, 6.45) is 4.98. The molecule has 4 nitrogen and oxygen atoms in total. The molecule has 1 aromatic heterocycles. The second-order valence-electron chi connectivity index (χ2n) is 7.29. The van der Waals surface area contributed by atoms with Crippen LogP contribution in [0.15, 0.2) is 42.6 Å². The molecule has 2 aliphatic heterocycles. The number of fused-ring (bicyclic) bond motifs is 2. The molecule has 2 atom stereocenters. The number of ether oxygens (including phenoxy) is 1. The Morgan fingerprint density at radius 1 is 1.23 bits per heavy atom. The smallest absolute Gasteiger partial charge is 0.224 e. The maximum absolute atomic E-state index is 13.6. The van der Waals surface area contributed by atoms with Crippen molar-refractivity contribution in [3.8, 4) is 5.88 Å². The minimum atomic E-state index is -0.501. The molecule has 2 unspecified atom stereocenters. The van der Waals surface area contributed by atoms with E-state index in [2.05, 4.69) is 34.1 Å². The lowest BCUT2D eigenvalue weighted by molar-refractivity contribution is 0.0674. The number of aromatic nitrogens is 1. The minimum Gasteiger partial charge on any atom is -0.480 e. The summed E-state index contributed by atoms with van der Waals surface area (Å²) in [5.74, 6) is -0.406. The summed E-state index contributed by atoms with van der Waals surface area (Å²) in [7, 11) is 1.46. The molecule has 2 fully saturated rings. The van der Waals surface area contributed by atoms with Gasteiger partial charge in [-0.05, 0) is 37.3 Å². The van der Waals surface area contributed by atoms with Gasteiger partial charge in [-0.1, -0.05) is 30.3 Å². The summed E-state index contributed by atoms with van der Waals surface area (Å²) < 4.78 is 18.8. The van der Waals surface area contributed by atoms with Crippen molar-refractivity contribution < 1.29 is 13.9 Å². The van der Waals surface area contributed by atoms with Gasteiger partial charge in [-0.2, -0.15) is 0 Å². The lowest BCUT2D eigenvalue weighted by Crippen LogP contribution is -2.44. The van der Waals surface area contributed by atoms with E-state index in [1.54, 1.807) is 0 Å². The Hall–Kier alpha value is -2.27. The number of carbonyl (C=O) groups excluding carboxylic acids is 1. The van der Waals surface area contributed by atoms with Gasteiger partial charge < -0.3 is 4.74 Å². The highest BCUT2D eigenvalue weighted by Gasteiger charge is 2.43. The van der Waals surface area contributed by atoms with Crippen molar-refractivity contribution in [3.63, 3.8) is 0 Å². The van der Waals surface area contributed by atoms with E-state index < -0.39 is 5.82 Å². The number of pyridine rings is 1. The number of Topliss-reactive ketones (excluding diaryl/α,β-unsaturated/α-hetero) is 1. The normalized spacial score (nSPS) is 25.2. The molecule has 0 spiro atoms. The second kappa shape index (κ2) is 7.16. The first kappa shape index (κ1) is 17.2. The van der Waals surface area contributed by atoms with Gasteiger partial charge in [-0.15, -0.1) is 0 Å². The van der Waals surface area contributed by atoms with Crippen molar-refractivity contribution in [2.24, 2.45) is 5.92 Å². The fourth-order valence-electron chi connectivity index (χ4n) is 4.53. The summed E-state index contributed by atoms with van der Waals surface area (Å²) >= 11 is 0. The van der Waals surface area contributed by atoms with Crippen molar-refractivity contribution in [1.82, 2.24) is 9.88 Å². The van der Waals surface area contributed by atoms with E-state index in [1.165, 1.54) is 18.7 Å². The Labute approximate surface area is 153 Å². The van der Waals surface area contributed by atoms with Gasteiger partial charge in [0.2, 0.25) is 5.88 Å². The first-order valence-electron chi connectivity index (χ1n) is 9.19. The fourth-order valence-corrected chi connectivity index (χ4v) is 4.53. The molecular formula is C21H23FN2O2. The molecule has 4 rings (SSSR count). The highest BCUT2D eigenvalue weighted by Crippen LogP contribution is 2.41. The number of hydrogen-bond donors (Lipinski definition) is 0. The summed E-state index contributed by atoms with van der Waals surface area (Å²) in [5, 5.41) is 0. The molecule has 136 valence electrons. The van der Waals surface area contributed by atoms with Crippen LogP contribution in [0.3, 0.4) is 0 Å². The van der Waals surface area contributed by atoms with Gasteiger partial charge in [0.05, 0.1) is 18.9 Å². The van der Waals surface area contributed by atoms with E-state index in [1.807, 2.05) is 6.07 Å². The van der Waals surface area contributed by atoms with Crippen molar-refractivity contribution >= 4 is 5.78 Å². The van der Waals surface area contributed by atoms with Gasteiger partial charge in [0.1, 0.15) is 5.82 Å². The molecule has 26 heavy (non-hydrogen) atoms. The third kappa shape index (κ3) is 3.23. The topological polar surface area (TPSA) is 42.4 Å². The lowest BCUT2D eigenvalue weighted by Gasteiger charge is -2.38. The quantitative estimate of drug-likeness (QED) is 0.765. The fraction of sp³-hybridized carbons (Fsp3) is 0.429. The molecule has 0 radical (unpaired) electrons. The zero-order valence-corrected chi connectivity index (χ0v) is 14.9. The Morgan fingerprint density at radius 2 is 1.92 bits per heavy atom. The Morgan fingerprint density at radius 3 is 2.58 bits per heavy atom. The highest BCUT2D eigenvalue weighted by atomic mass is 19.1. The molecule has 0 N–H and O–H groups in total. The number of nitrogens with zero attached hydrogens (tertiary/aromatic N) is 2. The largest absolute Gasteiger partial charge is 0.480 e. The Kier molecular flexibility index (Phi) is 4.72. The molecule has 2 aromatic rings. The van der Waals surface area contributed by atoms with Crippen LogP contribution >= 0.6 is 0 Å².